The minimum atomic E-state index is -0.0506. The minimum Gasteiger partial charge on any atom is -0.481 e. The van der Waals surface area contributed by atoms with E-state index in [1.165, 1.54) is 6.33 Å². The van der Waals surface area contributed by atoms with Gasteiger partial charge < -0.3 is 20.1 Å². The SMILES string of the molecule is COCC(N)CN(C)c1ncnc(OC)c1C. The van der Waals surface area contributed by atoms with Crippen LogP contribution in [0.2, 0.25) is 0 Å². The maximum atomic E-state index is 5.90. The number of anilines is 1. The van der Waals surface area contributed by atoms with Crippen LogP contribution in [0.15, 0.2) is 6.33 Å². The summed E-state index contributed by atoms with van der Waals surface area (Å²) in [5, 5.41) is 0. The maximum Gasteiger partial charge on any atom is 0.221 e. The lowest BCUT2D eigenvalue weighted by Crippen LogP contribution is -2.39. The van der Waals surface area contributed by atoms with Gasteiger partial charge in [0.2, 0.25) is 5.88 Å². The van der Waals surface area contributed by atoms with Gasteiger partial charge in [0.15, 0.2) is 0 Å². The van der Waals surface area contributed by atoms with Crippen molar-refractivity contribution in [2.75, 3.05) is 39.3 Å². The van der Waals surface area contributed by atoms with Crippen molar-refractivity contribution in [3.63, 3.8) is 0 Å². The summed E-state index contributed by atoms with van der Waals surface area (Å²) in [6.45, 7) is 3.10. The van der Waals surface area contributed by atoms with Gasteiger partial charge >= 0.3 is 0 Å². The topological polar surface area (TPSA) is 73.5 Å². The van der Waals surface area contributed by atoms with Gasteiger partial charge in [-0.3, -0.25) is 0 Å². The molecule has 96 valence electrons. The average molecular weight is 240 g/mol. The Kier molecular flexibility index (Phi) is 5.11. The summed E-state index contributed by atoms with van der Waals surface area (Å²) in [5.74, 6) is 1.41. The molecular formula is C11H20N4O2. The van der Waals surface area contributed by atoms with E-state index in [0.29, 0.717) is 19.0 Å². The van der Waals surface area contributed by atoms with Crippen molar-refractivity contribution in [1.29, 1.82) is 0 Å². The molecule has 1 aromatic rings. The van der Waals surface area contributed by atoms with Gasteiger partial charge in [-0.25, -0.2) is 9.97 Å². The second-order valence-electron chi connectivity index (χ2n) is 3.93. The molecule has 0 saturated carbocycles. The summed E-state index contributed by atoms with van der Waals surface area (Å²) in [6, 6.07) is -0.0506. The van der Waals surface area contributed by atoms with Gasteiger partial charge in [-0.2, -0.15) is 0 Å². The summed E-state index contributed by atoms with van der Waals surface area (Å²) in [7, 11) is 5.17. The highest BCUT2D eigenvalue weighted by molar-refractivity contribution is 5.49. The number of methoxy groups -OCH3 is 2. The van der Waals surface area contributed by atoms with Crippen LogP contribution in [0.1, 0.15) is 5.56 Å². The predicted molar refractivity (Wildman–Crippen MR) is 66.4 cm³/mol. The summed E-state index contributed by atoms with van der Waals surface area (Å²) >= 11 is 0. The molecule has 6 heteroatoms. The highest BCUT2D eigenvalue weighted by Crippen LogP contribution is 2.22. The number of hydrogen-bond donors (Lipinski definition) is 1. The van der Waals surface area contributed by atoms with Gasteiger partial charge in [0.05, 0.1) is 19.3 Å². The Morgan fingerprint density at radius 2 is 2.12 bits per heavy atom. The number of nitrogens with two attached hydrogens (primary N) is 1. The van der Waals surface area contributed by atoms with E-state index in [0.717, 1.165) is 11.4 Å². The van der Waals surface area contributed by atoms with Crippen LogP contribution in [0, 0.1) is 6.92 Å². The Morgan fingerprint density at radius 3 is 2.71 bits per heavy atom. The van der Waals surface area contributed by atoms with Crippen molar-refractivity contribution in [2.45, 2.75) is 13.0 Å². The lowest BCUT2D eigenvalue weighted by molar-refractivity contribution is 0.181. The number of nitrogens with zero attached hydrogens (tertiary/aromatic N) is 3. The van der Waals surface area contributed by atoms with Crippen molar-refractivity contribution < 1.29 is 9.47 Å². The van der Waals surface area contributed by atoms with Crippen molar-refractivity contribution in [3.8, 4) is 5.88 Å². The molecule has 0 aliphatic heterocycles. The molecule has 0 aliphatic rings. The molecule has 1 heterocycles. The van der Waals surface area contributed by atoms with Gasteiger partial charge in [0, 0.05) is 26.7 Å². The zero-order valence-corrected chi connectivity index (χ0v) is 10.8. The second kappa shape index (κ2) is 6.36. The lowest BCUT2D eigenvalue weighted by atomic mass is 10.2. The molecule has 1 unspecified atom stereocenters. The Balaban J connectivity index is 2.78. The number of ether oxygens (including phenoxy) is 2. The van der Waals surface area contributed by atoms with Crippen LogP contribution in [0.25, 0.3) is 0 Å². The maximum absolute atomic E-state index is 5.90. The van der Waals surface area contributed by atoms with Crippen molar-refractivity contribution in [1.82, 2.24) is 9.97 Å². The molecule has 0 amide bonds. The molecule has 0 aromatic carbocycles. The van der Waals surface area contributed by atoms with Crippen molar-refractivity contribution in [2.24, 2.45) is 5.73 Å². The van der Waals surface area contributed by atoms with Crippen LogP contribution in [0.3, 0.4) is 0 Å². The van der Waals surface area contributed by atoms with Crippen LogP contribution >= 0.6 is 0 Å². The first-order valence-electron chi connectivity index (χ1n) is 5.41. The molecule has 0 aliphatic carbocycles. The summed E-state index contributed by atoms with van der Waals surface area (Å²) in [5.41, 5.74) is 6.81. The summed E-state index contributed by atoms with van der Waals surface area (Å²) in [6.07, 6.45) is 1.49. The van der Waals surface area contributed by atoms with Crippen LogP contribution < -0.4 is 15.4 Å². The van der Waals surface area contributed by atoms with Crippen LogP contribution in [-0.4, -0.2) is 50.4 Å². The quantitative estimate of drug-likeness (QED) is 0.766. The first-order valence-corrected chi connectivity index (χ1v) is 5.41. The lowest BCUT2D eigenvalue weighted by Gasteiger charge is -2.23. The zero-order chi connectivity index (χ0) is 12.8. The molecule has 1 rings (SSSR count). The highest BCUT2D eigenvalue weighted by atomic mass is 16.5. The molecule has 2 N–H and O–H groups in total. The second-order valence-corrected chi connectivity index (χ2v) is 3.93. The van der Waals surface area contributed by atoms with E-state index in [1.54, 1.807) is 14.2 Å². The largest absolute Gasteiger partial charge is 0.481 e. The van der Waals surface area contributed by atoms with E-state index >= 15 is 0 Å². The number of aromatic nitrogens is 2. The molecule has 6 nitrogen and oxygen atoms in total. The predicted octanol–water partition coefficient (Wildman–Crippen LogP) is 0.204. The van der Waals surface area contributed by atoms with Gasteiger partial charge in [0.1, 0.15) is 12.1 Å². The fourth-order valence-electron chi connectivity index (χ4n) is 1.72. The molecule has 17 heavy (non-hydrogen) atoms. The number of hydrogen-bond acceptors (Lipinski definition) is 6. The van der Waals surface area contributed by atoms with Gasteiger partial charge in [0.25, 0.3) is 0 Å². The third-order valence-corrected chi connectivity index (χ3v) is 2.46. The molecule has 1 aromatic heterocycles. The molecule has 1 atom stereocenters. The fourth-order valence-corrected chi connectivity index (χ4v) is 1.72. The Hall–Kier alpha value is -1.40. The molecule has 0 radical (unpaired) electrons. The van der Waals surface area contributed by atoms with Crippen LogP contribution in [0.5, 0.6) is 5.88 Å². The van der Waals surface area contributed by atoms with E-state index in [4.69, 9.17) is 15.2 Å². The third kappa shape index (κ3) is 3.54. The first-order chi connectivity index (χ1) is 8.10. The summed E-state index contributed by atoms with van der Waals surface area (Å²) < 4.78 is 10.2. The van der Waals surface area contributed by atoms with Gasteiger partial charge in [-0.15, -0.1) is 0 Å². The minimum absolute atomic E-state index is 0.0506. The molecule has 0 saturated heterocycles. The van der Waals surface area contributed by atoms with E-state index in [1.807, 2.05) is 18.9 Å². The van der Waals surface area contributed by atoms with E-state index in [-0.39, 0.29) is 6.04 Å². The average Bonchev–Trinajstić information content (AvgIpc) is 2.29. The molecule has 0 fully saturated rings. The van der Waals surface area contributed by atoms with E-state index in [9.17, 15) is 0 Å². The van der Waals surface area contributed by atoms with Crippen molar-refractivity contribution >= 4 is 5.82 Å². The van der Waals surface area contributed by atoms with Crippen LogP contribution in [-0.2, 0) is 4.74 Å². The van der Waals surface area contributed by atoms with Gasteiger partial charge in [-0.1, -0.05) is 0 Å². The Morgan fingerprint density at radius 1 is 1.41 bits per heavy atom. The van der Waals surface area contributed by atoms with E-state index in [2.05, 4.69) is 9.97 Å². The number of likely N-dealkylation sites (N-methyl/N-ethyl adjacent to an activating group) is 1. The molecular weight excluding hydrogens is 220 g/mol. The fraction of sp³-hybridized carbons (Fsp3) is 0.636. The third-order valence-electron chi connectivity index (χ3n) is 2.46. The Bertz CT molecular complexity index is 359. The van der Waals surface area contributed by atoms with E-state index < -0.39 is 0 Å². The number of rotatable bonds is 6. The molecule has 0 bridgehead atoms. The van der Waals surface area contributed by atoms with Gasteiger partial charge in [-0.05, 0) is 6.92 Å². The van der Waals surface area contributed by atoms with Crippen LogP contribution in [0.4, 0.5) is 5.82 Å². The standard InChI is InChI=1S/C11H20N4O2/c1-8-10(13-7-14-11(8)17-4)15(2)5-9(12)6-16-3/h7,9H,5-6,12H2,1-4H3. The molecule has 0 spiro atoms. The smallest absolute Gasteiger partial charge is 0.221 e. The summed E-state index contributed by atoms with van der Waals surface area (Å²) in [4.78, 5) is 10.3. The highest BCUT2D eigenvalue weighted by Gasteiger charge is 2.13. The Labute approximate surface area is 102 Å². The monoisotopic (exact) mass is 240 g/mol. The zero-order valence-electron chi connectivity index (χ0n) is 10.8. The van der Waals surface area contributed by atoms with Crippen molar-refractivity contribution in [3.05, 3.63) is 11.9 Å². The first kappa shape index (κ1) is 13.7. The normalized spacial score (nSPS) is 12.3.